The first-order valence-electron chi connectivity index (χ1n) is 29.0. The second kappa shape index (κ2) is 25.1. The van der Waals surface area contributed by atoms with Crippen LogP contribution in [0.3, 0.4) is 0 Å². The smallest absolute Gasteiger partial charge is 0.407 e. The molecule has 0 radical (unpaired) electrons. The normalized spacial score (nSPS) is 22.1. The van der Waals surface area contributed by atoms with Crippen molar-refractivity contribution in [2.45, 2.75) is 139 Å². The van der Waals surface area contributed by atoms with E-state index in [4.69, 9.17) is 19.4 Å². The largest absolute Gasteiger partial charge is 0.453 e. The number of imidazole rings is 2. The van der Waals surface area contributed by atoms with Crippen LogP contribution in [-0.2, 0) is 44.7 Å². The molecule has 8 aliphatic rings. The third kappa shape index (κ3) is 11.8. The Hall–Kier alpha value is -6.52. The van der Waals surface area contributed by atoms with Gasteiger partial charge in [-0.3, -0.25) is 9.59 Å². The number of hydrogen-bond acceptors (Lipinski definition) is 10. The first-order valence-corrected chi connectivity index (χ1v) is 31.8. The second-order valence-electron chi connectivity index (χ2n) is 22.6. The highest BCUT2D eigenvalue weighted by Crippen LogP contribution is 2.48. The molecule has 4 bridgehead atoms. The van der Waals surface area contributed by atoms with E-state index < -0.39 is 24.3 Å². The van der Waals surface area contributed by atoms with E-state index >= 15 is 0 Å². The van der Waals surface area contributed by atoms with Crippen LogP contribution < -0.4 is 10.6 Å². The summed E-state index contributed by atoms with van der Waals surface area (Å²) in [5, 5.41) is 5.70. The Morgan fingerprint density at radius 2 is 0.963 bits per heavy atom. The van der Waals surface area contributed by atoms with Crippen molar-refractivity contribution in [2.24, 2.45) is 11.8 Å². The summed E-state index contributed by atoms with van der Waals surface area (Å²) in [5.41, 5.74) is 13.9. The number of thioether (sulfide) groups is 2. The first kappa shape index (κ1) is 55.4. The van der Waals surface area contributed by atoms with Gasteiger partial charge >= 0.3 is 12.2 Å². The number of benzene rings is 4. The van der Waals surface area contributed by atoms with Gasteiger partial charge in [0.05, 0.1) is 37.7 Å². The number of aromatic nitrogens is 4. The molecule has 80 heavy (non-hydrogen) atoms. The van der Waals surface area contributed by atoms with Crippen LogP contribution in [0.4, 0.5) is 9.59 Å². The fourth-order valence-electron chi connectivity index (χ4n) is 13.8. The fourth-order valence-corrected chi connectivity index (χ4v) is 14.8. The Kier molecular flexibility index (Phi) is 17.4. The summed E-state index contributed by atoms with van der Waals surface area (Å²) in [6.45, 7) is 0. The van der Waals surface area contributed by atoms with Gasteiger partial charge < -0.3 is 39.9 Å². The van der Waals surface area contributed by atoms with Gasteiger partial charge in [0.25, 0.3) is 0 Å². The zero-order valence-corrected chi connectivity index (χ0v) is 48.3. The number of fused-ring (bicyclic) bond motifs is 2. The molecule has 6 aliphatic carbocycles. The maximum absolute atomic E-state index is 14.4. The van der Waals surface area contributed by atoms with Gasteiger partial charge in [0, 0.05) is 35.6 Å². The minimum absolute atomic E-state index is 0.0507. The number of methoxy groups -OCH3 is 2. The van der Waals surface area contributed by atoms with Gasteiger partial charge in [0.15, 0.2) is 0 Å². The minimum atomic E-state index is -0.658. The standard InChI is InChI=1S/C64H76N8O6S2/c1-77-63(75)69-51(29-31-79-3)61(73)71-55-11-7-5-9-47(55)35-57(71)59-65-37-53(67-59)45-25-21-43(22-26-45)49-33-39-13-17-41(49)19-15-40-14-18-42(20-16-39)50(34-40)44-23-27-46(28-24-44)54-38-66-60(68-54)58-36-48-10-6-8-12-56(48)72(58)62(74)52(30-32-80-4)70-64(76)78-2/h13-14,17-18,21-28,33-34,37-38,47-48,51-52,55-58H,5-12,15-16,19-20,29-32,35-36H2,1-4H3,(H,65,67)(H,66,68)(H,69,75)(H,70,76)/t47-,48-,51-,52-,55-,56-,57-,58-/m0/s1. The van der Waals surface area contributed by atoms with Gasteiger partial charge in [-0.25, -0.2) is 19.6 Å². The molecule has 0 unspecified atom stereocenters. The lowest BCUT2D eigenvalue weighted by atomic mass is 9.84. The summed E-state index contributed by atoms with van der Waals surface area (Å²) in [7, 11) is 2.68. The molecule has 2 saturated carbocycles. The monoisotopic (exact) mass is 1120 g/mol. The number of aromatic amines is 2. The van der Waals surface area contributed by atoms with Gasteiger partial charge in [-0.2, -0.15) is 23.5 Å². The Morgan fingerprint density at radius 3 is 1.36 bits per heavy atom. The Morgan fingerprint density at radius 1 is 0.562 bits per heavy atom. The molecular weight excluding hydrogens is 1040 g/mol. The number of H-pyrrole nitrogens is 2. The molecule has 14 rings (SSSR count). The molecule has 420 valence electrons. The maximum Gasteiger partial charge on any atom is 0.407 e. The molecule has 4 heterocycles. The number of rotatable bonds is 16. The topological polar surface area (TPSA) is 175 Å². The van der Waals surface area contributed by atoms with Crippen LogP contribution in [0.2, 0.25) is 0 Å². The number of ether oxygens (including phenoxy) is 2. The van der Waals surface area contributed by atoms with Gasteiger partial charge in [-0.05, 0) is 157 Å². The molecule has 2 aliphatic heterocycles. The number of nitrogens with zero attached hydrogens (tertiary/aromatic N) is 4. The number of likely N-dealkylation sites (tertiary alicyclic amines) is 2. The summed E-state index contributed by atoms with van der Waals surface area (Å²) in [6, 6.07) is 30.2. The molecule has 8 atom stereocenters. The molecule has 14 nitrogen and oxygen atoms in total. The SMILES string of the molecule is COC(=O)N[C@@H](CCSC)C(=O)N1[C@H](c2nc(-c3ccc(-c4cc5ccc4CCc4ccc(c(-c6ccc(-c7c[nH]c([C@@H]8C[C@@H]9CCCC[C@@H]9N8C(=O)[C@H](CCSC)NC(=O)OC)n7)cc6)c4)CC5)cc3)c[nH]2)C[C@@H]2CCCC[C@@H]21. The highest BCUT2D eigenvalue weighted by atomic mass is 32.2. The van der Waals surface area contributed by atoms with Crippen molar-refractivity contribution in [3.63, 3.8) is 0 Å². The van der Waals surface area contributed by atoms with Gasteiger partial charge in [-0.1, -0.05) is 111 Å². The van der Waals surface area contributed by atoms with Gasteiger partial charge in [0.1, 0.15) is 23.7 Å². The van der Waals surface area contributed by atoms with Gasteiger partial charge in [0.2, 0.25) is 11.8 Å². The molecule has 2 aromatic heterocycles. The predicted octanol–water partition coefficient (Wildman–Crippen LogP) is 12.3. The van der Waals surface area contributed by atoms with Crippen molar-refractivity contribution in [3.8, 4) is 44.8 Å². The second-order valence-corrected chi connectivity index (χ2v) is 24.6. The van der Waals surface area contributed by atoms with Crippen molar-refractivity contribution in [1.82, 2.24) is 40.4 Å². The predicted molar refractivity (Wildman–Crippen MR) is 318 cm³/mol. The average molecular weight is 1120 g/mol. The first-order chi connectivity index (χ1) is 39.1. The number of hydrogen-bond donors (Lipinski definition) is 4. The van der Waals surface area contributed by atoms with Gasteiger partial charge in [-0.15, -0.1) is 0 Å². The van der Waals surface area contributed by atoms with E-state index in [1.165, 1.54) is 71.6 Å². The highest BCUT2D eigenvalue weighted by Gasteiger charge is 2.49. The molecular formula is C64H76N8O6S2. The number of amides is 4. The summed E-state index contributed by atoms with van der Waals surface area (Å²) >= 11 is 3.32. The van der Waals surface area contributed by atoms with E-state index in [1.54, 1.807) is 23.5 Å². The molecule has 0 spiro atoms. The van der Waals surface area contributed by atoms with E-state index in [0.717, 1.165) is 123 Å². The quantitative estimate of drug-likeness (QED) is 0.0730. The number of alkyl carbamates (subject to hydrolysis) is 2. The summed E-state index contributed by atoms with van der Waals surface area (Å²) < 4.78 is 9.88. The third-order valence-corrected chi connectivity index (χ3v) is 19.3. The number of carbonyl (C=O) groups is 4. The van der Waals surface area contributed by atoms with E-state index in [9.17, 15) is 19.2 Å². The summed E-state index contributed by atoms with van der Waals surface area (Å²) in [6.07, 6.45) is 21.8. The van der Waals surface area contributed by atoms with Crippen LogP contribution in [0.15, 0.2) is 97.3 Å². The molecule has 6 aromatic rings. The van der Waals surface area contributed by atoms with Crippen molar-refractivity contribution in [1.29, 1.82) is 0 Å². The summed E-state index contributed by atoms with van der Waals surface area (Å²) in [5.74, 6) is 3.80. The lowest BCUT2D eigenvalue weighted by Crippen LogP contribution is -2.52. The molecule has 4 fully saturated rings. The van der Waals surface area contributed by atoms with Crippen LogP contribution in [0.25, 0.3) is 44.8 Å². The Labute approximate surface area is 479 Å². The Balaban J connectivity index is 0.778. The van der Waals surface area contributed by atoms with Crippen molar-refractivity contribution in [2.75, 3.05) is 38.2 Å². The van der Waals surface area contributed by atoms with Crippen LogP contribution in [0.1, 0.15) is 123 Å². The van der Waals surface area contributed by atoms with Crippen LogP contribution in [-0.4, -0.2) is 116 Å². The molecule has 2 saturated heterocycles. The number of aryl methyl sites for hydroxylation is 4. The maximum atomic E-state index is 14.4. The van der Waals surface area contributed by atoms with Crippen molar-refractivity contribution < 1.29 is 28.7 Å². The minimum Gasteiger partial charge on any atom is -0.453 e. The Bertz CT molecular complexity index is 2950. The third-order valence-electron chi connectivity index (χ3n) is 18.0. The van der Waals surface area contributed by atoms with Crippen molar-refractivity contribution >= 4 is 47.5 Å². The highest BCUT2D eigenvalue weighted by molar-refractivity contribution is 7.98. The molecule has 16 heteroatoms. The van der Waals surface area contributed by atoms with Crippen LogP contribution >= 0.6 is 23.5 Å². The lowest BCUT2D eigenvalue weighted by Gasteiger charge is -2.36. The van der Waals surface area contributed by atoms with E-state index in [1.807, 2.05) is 24.9 Å². The van der Waals surface area contributed by atoms with E-state index in [-0.39, 0.29) is 36.0 Å². The number of nitrogens with one attached hydrogen (secondary N) is 4. The van der Waals surface area contributed by atoms with E-state index in [0.29, 0.717) is 24.7 Å². The zero-order chi connectivity index (χ0) is 55.3. The zero-order valence-electron chi connectivity index (χ0n) is 46.6. The summed E-state index contributed by atoms with van der Waals surface area (Å²) in [4.78, 5) is 75.1. The van der Waals surface area contributed by atoms with E-state index in [2.05, 4.69) is 115 Å². The molecule has 4 aromatic carbocycles. The average Bonchev–Trinajstić information content (AvgIpc) is 4.37. The molecule has 4 amide bonds. The van der Waals surface area contributed by atoms with Crippen LogP contribution in [0.5, 0.6) is 0 Å². The lowest BCUT2D eigenvalue weighted by molar-refractivity contribution is -0.138. The molecule has 4 N–H and O–H groups in total. The van der Waals surface area contributed by atoms with Crippen LogP contribution in [0, 0.1) is 11.8 Å². The number of carbonyl (C=O) groups excluding carboxylic acids is 4. The fraction of sp³-hybridized carbons (Fsp3) is 0.469. The van der Waals surface area contributed by atoms with Crippen molar-refractivity contribution in [3.05, 3.63) is 131 Å².